The fourth-order valence-electron chi connectivity index (χ4n) is 3.18. The van der Waals surface area contributed by atoms with Gasteiger partial charge < -0.3 is 24.7 Å². The van der Waals surface area contributed by atoms with Crippen LogP contribution < -0.4 is 10.2 Å². The SMILES string of the molecule is CCOC(=O)[C@@H](C)C[C@H](Cc1ccc(-c2ccccc2)cc1)N=C([O-])CCC(=O)[O-].[Ca+2]. The molecule has 2 rings (SSSR count). The van der Waals surface area contributed by atoms with Crippen molar-refractivity contribution in [1.29, 1.82) is 0 Å². The van der Waals surface area contributed by atoms with Crippen molar-refractivity contribution in [3.63, 3.8) is 0 Å². The van der Waals surface area contributed by atoms with Crippen LogP contribution in [0.5, 0.6) is 0 Å². The molecule has 0 fully saturated rings. The number of carbonyl (C=O) groups is 2. The molecule has 0 spiro atoms. The zero-order chi connectivity index (χ0) is 21.9. The van der Waals surface area contributed by atoms with E-state index in [0.29, 0.717) is 12.8 Å². The predicted octanol–water partition coefficient (Wildman–Crippen LogP) is 1.76. The van der Waals surface area contributed by atoms with E-state index in [1.165, 1.54) is 0 Å². The van der Waals surface area contributed by atoms with Crippen molar-refractivity contribution in [3.8, 4) is 11.1 Å². The molecule has 7 heteroatoms. The molecular formula is C24H27CaNO5. The summed E-state index contributed by atoms with van der Waals surface area (Å²) in [5, 5.41) is 22.7. The molecule has 0 unspecified atom stereocenters. The number of aliphatic carboxylic acids is 1. The van der Waals surface area contributed by atoms with Gasteiger partial charge in [0.1, 0.15) is 0 Å². The van der Waals surface area contributed by atoms with E-state index >= 15 is 0 Å². The maximum atomic E-state index is 12.1. The molecule has 31 heavy (non-hydrogen) atoms. The average molecular weight is 450 g/mol. The first-order chi connectivity index (χ1) is 14.4. The zero-order valence-electron chi connectivity index (χ0n) is 18.1. The number of benzene rings is 2. The van der Waals surface area contributed by atoms with Crippen LogP contribution >= 0.6 is 0 Å². The Balaban J connectivity index is 0.00000480. The van der Waals surface area contributed by atoms with Gasteiger partial charge >= 0.3 is 43.7 Å². The minimum atomic E-state index is -1.29. The number of carboxylic acid groups (broad SMARTS) is 1. The smallest absolute Gasteiger partial charge is 0.862 e. The van der Waals surface area contributed by atoms with Crippen molar-refractivity contribution in [3.05, 3.63) is 60.2 Å². The van der Waals surface area contributed by atoms with Crippen LogP contribution in [0.25, 0.3) is 11.1 Å². The largest absolute Gasteiger partial charge is 2.00 e. The summed E-state index contributed by atoms with van der Waals surface area (Å²) in [6.07, 6.45) is 0.236. The van der Waals surface area contributed by atoms with Crippen LogP contribution in [0.2, 0.25) is 0 Å². The topological polar surface area (TPSA) is 102 Å². The molecule has 6 nitrogen and oxygen atoms in total. The molecule has 0 radical (unpaired) electrons. The molecule has 0 heterocycles. The van der Waals surface area contributed by atoms with Crippen molar-refractivity contribution < 1.29 is 24.5 Å². The van der Waals surface area contributed by atoms with Gasteiger partial charge in [-0.2, -0.15) is 0 Å². The third-order valence-electron chi connectivity index (χ3n) is 4.72. The number of esters is 1. The van der Waals surface area contributed by atoms with E-state index in [0.717, 1.165) is 16.7 Å². The molecule has 0 bridgehead atoms. The molecular weight excluding hydrogens is 422 g/mol. The third-order valence-corrected chi connectivity index (χ3v) is 4.72. The monoisotopic (exact) mass is 449 g/mol. The van der Waals surface area contributed by atoms with Crippen LogP contribution in [0.4, 0.5) is 0 Å². The predicted molar refractivity (Wildman–Crippen MR) is 117 cm³/mol. The number of nitrogens with zero attached hydrogens (tertiary/aromatic N) is 1. The van der Waals surface area contributed by atoms with Gasteiger partial charge in [0.15, 0.2) is 0 Å². The minimum absolute atomic E-state index is 0. The Hall–Kier alpha value is -1.89. The molecule has 0 aliphatic carbocycles. The molecule has 0 saturated heterocycles. The third kappa shape index (κ3) is 9.85. The van der Waals surface area contributed by atoms with Gasteiger partial charge in [0.05, 0.1) is 18.6 Å². The Labute approximate surface area is 213 Å². The van der Waals surface area contributed by atoms with E-state index in [9.17, 15) is 19.8 Å². The van der Waals surface area contributed by atoms with Crippen LogP contribution in [0, 0.1) is 5.92 Å². The van der Waals surface area contributed by atoms with Gasteiger partial charge in [0.2, 0.25) is 0 Å². The summed E-state index contributed by atoms with van der Waals surface area (Å²) in [6.45, 7) is 3.77. The Morgan fingerprint density at radius 3 is 2.16 bits per heavy atom. The standard InChI is InChI=1S/C24H29NO5.Ca/c1-3-30-24(29)17(2)15-21(25-22(26)13-14-23(27)28)16-18-9-11-20(12-10-18)19-7-5-4-6-8-19;/h4-12,17,21H,3,13-16H2,1-2H3,(H,25,26)(H,27,28);/q;+2/p-2/t17-,21+;/m0./s1. The summed E-state index contributed by atoms with van der Waals surface area (Å²) >= 11 is 0. The van der Waals surface area contributed by atoms with E-state index in [2.05, 4.69) is 4.99 Å². The molecule has 0 amide bonds. The van der Waals surface area contributed by atoms with E-state index in [1.807, 2.05) is 54.6 Å². The second kappa shape index (κ2) is 14.2. The van der Waals surface area contributed by atoms with Gasteiger partial charge in [-0.05, 0) is 55.2 Å². The van der Waals surface area contributed by atoms with Gasteiger partial charge in [-0.1, -0.05) is 61.5 Å². The molecule has 0 saturated carbocycles. The Kier molecular flexibility index (Phi) is 12.5. The van der Waals surface area contributed by atoms with Gasteiger partial charge in [-0.3, -0.25) is 4.79 Å². The van der Waals surface area contributed by atoms with E-state index < -0.39 is 23.8 Å². The van der Waals surface area contributed by atoms with Crippen LogP contribution in [-0.2, 0) is 20.7 Å². The molecule has 0 aliphatic rings. The summed E-state index contributed by atoms with van der Waals surface area (Å²) in [6, 6.07) is 17.5. The first-order valence-corrected chi connectivity index (χ1v) is 10.1. The summed E-state index contributed by atoms with van der Waals surface area (Å²) in [5.74, 6) is -2.54. The van der Waals surface area contributed by atoms with Gasteiger partial charge in [-0.15, -0.1) is 0 Å². The number of carbonyl (C=O) groups excluding carboxylic acids is 2. The molecule has 0 aromatic heterocycles. The Bertz CT molecular complexity index is 852. The van der Waals surface area contributed by atoms with E-state index in [-0.39, 0.29) is 63.2 Å². The summed E-state index contributed by atoms with van der Waals surface area (Å²) in [4.78, 5) is 26.8. The number of ether oxygens (including phenoxy) is 1. The second-order valence-corrected chi connectivity index (χ2v) is 7.20. The number of rotatable bonds is 11. The molecule has 0 N–H and O–H groups in total. The molecule has 2 atom stereocenters. The molecule has 160 valence electrons. The Morgan fingerprint density at radius 2 is 1.58 bits per heavy atom. The number of hydrogen-bond acceptors (Lipinski definition) is 6. The van der Waals surface area contributed by atoms with Crippen molar-refractivity contribution in [2.45, 2.75) is 45.6 Å². The number of carboxylic acids is 1. The summed E-state index contributed by atoms with van der Waals surface area (Å²) < 4.78 is 5.05. The molecule has 2 aromatic rings. The van der Waals surface area contributed by atoms with Crippen LogP contribution in [0.15, 0.2) is 59.6 Å². The van der Waals surface area contributed by atoms with Gasteiger partial charge in [-0.25, -0.2) is 0 Å². The quantitative estimate of drug-likeness (QED) is 0.225. The van der Waals surface area contributed by atoms with Crippen molar-refractivity contribution in [2.24, 2.45) is 10.9 Å². The van der Waals surface area contributed by atoms with Crippen molar-refractivity contribution in [1.82, 2.24) is 0 Å². The van der Waals surface area contributed by atoms with E-state index in [4.69, 9.17) is 4.74 Å². The number of aliphatic imine (C=N–C) groups is 1. The van der Waals surface area contributed by atoms with Crippen LogP contribution in [-0.4, -0.2) is 68.2 Å². The molecule has 0 aliphatic heterocycles. The number of hydrogen-bond donors (Lipinski definition) is 0. The van der Waals surface area contributed by atoms with Gasteiger partial charge in [0, 0.05) is 5.97 Å². The molecule has 2 aromatic carbocycles. The normalized spacial score (nSPS) is 13.0. The summed E-state index contributed by atoms with van der Waals surface area (Å²) in [5.41, 5.74) is 3.17. The second-order valence-electron chi connectivity index (χ2n) is 7.20. The van der Waals surface area contributed by atoms with Crippen molar-refractivity contribution >= 4 is 55.6 Å². The van der Waals surface area contributed by atoms with Crippen molar-refractivity contribution in [2.75, 3.05) is 6.61 Å². The van der Waals surface area contributed by atoms with Gasteiger partial charge in [0.25, 0.3) is 0 Å². The fraction of sp³-hybridized carbons (Fsp3) is 0.375. The van der Waals surface area contributed by atoms with Crippen LogP contribution in [0.3, 0.4) is 0 Å². The van der Waals surface area contributed by atoms with E-state index in [1.54, 1.807) is 13.8 Å². The minimum Gasteiger partial charge on any atom is -0.862 e. The first-order valence-electron chi connectivity index (χ1n) is 10.1. The average Bonchev–Trinajstić information content (AvgIpc) is 2.73. The maximum absolute atomic E-state index is 12.1. The fourth-order valence-corrected chi connectivity index (χ4v) is 3.18. The first kappa shape index (κ1) is 27.1. The summed E-state index contributed by atoms with van der Waals surface area (Å²) in [7, 11) is 0. The maximum Gasteiger partial charge on any atom is 2.00 e. The Morgan fingerprint density at radius 1 is 0.968 bits per heavy atom. The van der Waals surface area contributed by atoms with Crippen LogP contribution in [0.1, 0.15) is 38.7 Å². The zero-order valence-corrected chi connectivity index (χ0v) is 20.3.